The molecule has 0 saturated heterocycles. The van der Waals surface area contributed by atoms with E-state index in [4.69, 9.17) is 4.74 Å². The number of hydrogen-bond acceptors (Lipinski definition) is 4. The fourth-order valence-corrected chi connectivity index (χ4v) is 3.03. The Hall–Kier alpha value is -1.07. The highest BCUT2D eigenvalue weighted by atomic mass is 32.2. The van der Waals surface area contributed by atoms with Crippen LogP contribution in [-0.2, 0) is 16.3 Å². The van der Waals surface area contributed by atoms with Gasteiger partial charge < -0.3 is 9.84 Å². The third-order valence-corrected chi connectivity index (χ3v) is 5.38. The first kappa shape index (κ1) is 15.0. The Morgan fingerprint density at radius 3 is 2.22 bits per heavy atom. The third kappa shape index (κ3) is 3.99. The van der Waals surface area contributed by atoms with Crippen LogP contribution in [-0.4, -0.2) is 37.7 Å². The first-order chi connectivity index (χ1) is 8.36. The van der Waals surface area contributed by atoms with E-state index in [-0.39, 0.29) is 5.75 Å². The van der Waals surface area contributed by atoms with Gasteiger partial charge in [-0.25, -0.2) is 8.42 Å². The van der Waals surface area contributed by atoms with E-state index < -0.39 is 21.2 Å². The van der Waals surface area contributed by atoms with Gasteiger partial charge in [0.15, 0.2) is 9.84 Å². The second-order valence-corrected chi connectivity index (χ2v) is 6.89. The van der Waals surface area contributed by atoms with E-state index in [2.05, 4.69) is 0 Å². The molecule has 0 aliphatic carbocycles. The van der Waals surface area contributed by atoms with Crippen LogP contribution in [0.1, 0.15) is 19.4 Å². The Labute approximate surface area is 109 Å². The molecule has 0 fully saturated rings. The van der Waals surface area contributed by atoms with E-state index in [0.717, 1.165) is 11.3 Å². The van der Waals surface area contributed by atoms with Gasteiger partial charge in [-0.2, -0.15) is 0 Å². The number of hydrogen-bond donors (Lipinski definition) is 1. The van der Waals surface area contributed by atoms with Gasteiger partial charge in [-0.05, 0) is 38.0 Å². The predicted molar refractivity (Wildman–Crippen MR) is 71.6 cm³/mol. The van der Waals surface area contributed by atoms with Crippen LogP contribution < -0.4 is 4.74 Å². The van der Waals surface area contributed by atoms with Crippen molar-refractivity contribution in [2.45, 2.75) is 31.6 Å². The van der Waals surface area contributed by atoms with Crippen molar-refractivity contribution in [1.29, 1.82) is 0 Å². The summed E-state index contributed by atoms with van der Waals surface area (Å²) in [5.41, 5.74) is 0.942. The SMILES string of the molecule is COc1ccc(CCS(=O)(=O)[C@@H](C)[C@@H](C)O)cc1. The van der Waals surface area contributed by atoms with Crippen LogP contribution in [0.15, 0.2) is 24.3 Å². The van der Waals surface area contributed by atoms with Gasteiger partial charge in [0.2, 0.25) is 0 Å². The van der Waals surface area contributed by atoms with E-state index in [0.29, 0.717) is 6.42 Å². The minimum Gasteiger partial charge on any atom is -0.497 e. The molecule has 0 amide bonds. The van der Waals surface area contributed by atoms with E-state index >= 15 is 0 Å². The molecule has 2 atom stereocenters. The second-order valence-electron chi connectivity index (χ2n) is 4.41. The zero-order valence-corrected chi connectivity index (χ0v) is 11.8. The number of benzene rings is 1. The molecule has 0 heterocycles. The summed E-state index contributed by atoms with van der Waals surface area (Å²) in [6, 6.07) is 7.31. The van der Waals surface area contributed by atoms with Crippen molar-refractivity contribution < 1.29 is 18.3 Å². The molecule has 1 aromatic carbocycles. The first-order valence-corrected chi connectivity index (χ1v) is 7.61. The van der Waals surface area contributed by atoms with Crippen molar-refractivity contribution in [3.8, 4) is 5.75 Å². The van der Waals surface area contributed by atoms with Gasteiger partial charge in [0.25, 0.3) is 0 Å². The molecular formula is C13H20O4S. The molecule has 0 aliphatic heterocycles. The molecule has 1 N–H and O–H groups in total. The molecule has 1 aromatic rings. The Morgan fingerprint density at radius 2 is 1.78 bits per heavy atom. The molecule has 0 saturated carbocycles. The smallest absolute Gasteiger partial charge is 0.155 e. The highest BCUT2D eigenvalue weighted by Crippen LogP contribution is 2.14. The molecule has 0 bridgehead atoms. The molecule has 0 aromatic heterocycles. The number of aliphatic hydroxyl groups is 1. The fraction of sp³-hybridized carbons (Fsp3) is 0.538. The summed E-state index contributed by atoms with van der Waals surface area (Å²) in [6.45, 7) is 3.03. The lowest BCUT2D eigenvalue weighted by Gasteiger charge is -2.15. The van der Waals surface area contributed by atoms with Crippen molar-refractivity contribution in [3.05, 3.63) is 29.8 Å². The van der Waals surface area contributed by atoms with Crippen molar-refractivity contribution in [3.63, 3.8) is 0 Å². The zero-order chi connectivity index (χ0) is 13.8. The molecular weight excluding hydrogens is 252 g/mol. The summed E-state index contributed by atoms with van der Waals surface area (Å²) >= 11 is 0. The van der Waals surface area contributed by atoms with Crippen molar-refractivity contribution >= 4 is 9.84 Å². The van der Waals surface area contributed by atoms with Crippen LogP contribution in [0.4, 0.5) is 0 Å². The summed E-state index contributed by atoms with van der Waals surface area (Å²) in [7, 11) is -1.67. The molecule has 18 heavy (non-hydrogen) atoms. The van der Waals surface area contributed by atoms with Gasteiger partial charge >= 0.3 is 0 Å². The molecule has 0 spiro atoms. The zero-order valence-electron chi connectivity index (χ0n) is 11.0. The minimum absolute atomic E-state index is 0.0470. The summed E-state index contributed by atoms with van der Waals surface area (Å²) in [4.78, 5) is 0. The lowest BCUT2D eigenvalue weighted by molar-refractivity contribution is 0.193. The standard InChI is InChI=1S/C13H20O4S/c1-10(14)11(2)18(15,16)9-8-12-4-6-13(17-3)7-5-12/h4-7,10-11,14H,8-9H2,1-3H3/t10-,11+/m1/s1. The maximum absolute atomic E-state index is 11.9. The number of aryl methyl sites for hydroxylation is 1. The quantitative estimate of drug-likeness (QED) is 0.850. The van der Waals surface area contributed by atoms with E-state index in [9.17, 15) is 13.5 Å². The number of aliphatic hydroxyl groups excluding tert-OH is 1. The molecule has 1 rings (SSSR count). The van der Waals surface area contributed by atoms with E-state index in [1.54, 1.807) is 19.2 Å². The predicted octanol–water partition coefficient (Wildman–Crippen LogP) is 1.42. The first-order valence-electron chi connectivity index (χ1n) is 5.89. The number of ether oxygens (including phenoxy) is 1. The average Bonchev–Trinajstić information content (AvgIpc) is 2.36. The molecule has 4 nitrogen and oxygen atoms in total. The van der Waals surface area contributed by atoms with Gasteiger partial charge in [0, 0.05) is 0 Å². The Morgan fingerprint density at radius 1 is 1.22 bits per heavy atom. The number of sulfone groups is 1. The molecule has 0 unspecified atom stereocenters. The lowest BCUT2D eigenvalue weighted by Crippen LogP contribution is -2.31. The molecule has 0 aliphatic rings. The minimum atomic E-state index is -3.25. The Balaban J connectivity index is 2.64. The highest BCUT2D eigenvalue weighted by Gasteiger charge is 2.24. The van der Waals surface area contributed by atoms with Crippen LogP contribution in [0, 0.1) is 0 Å². The Kier molecular flexibility index (Phi) is 5.16. The van der Waals surface area contributed by atoms with Crippen LogP contribution >= 0.6 is 0 Å². The van der Waals surface area contributed by atoms with Crippen molar-refractivity contribution in [1.82, 2.24) is 0 Å². The Bertz CT molecular complexity index is 462. The van der Waals surface area contributed by atoms with Crippen molar-refractivity contribution in [2.75, 3.05) is 12.9 Å². The maximum Gasteiger partial charge on any atom is 0.155 e. The normalized spacial score (nSPS) is 15.1. The monoisotopic (exact) mass is 272 g/mol. The fourth-order valence-electron chi connectivity index (χ4n) is 1.54. The van der Waals surface area contributed by atoms with E-state index in [1.807, 2.05) is 12.1 Å². The largest absolute Gasteiger partial charge is 0.497 e. The molecule has 0 radical (unpaired) electrons. The second kappa shape index (κ2) is 6.20. The number of rotatable bonds is 6. The van der Waals surface area contributed by atoms with E-state index in [1.165, 1.54) is 13.8 Å². The van der Waals surface area contributed by atoms with Gasteiger partial charge in [0.1, 0.15) is 5.75 Å². The summed E-state index contributed by atoms with van der Waals surface area (Å²) in [5, 5.41) is 8.60. The van der Waals surface area contributed by atoms with Gasteiger partial charge in [-0.3, -0.25) is 0 Å². The maximum atomic E-state index is 11.9. The summed E-state index contributed by atoms with van der Waals surface area (Å²) in [6.07, 6.45) is -0.394. The third-order valence-electron chi connectivity index (χ3n) is 3.08. The van der Waals surface area contributed by atoms with Crippen LogP contribution in [0.2, 0.25) is 0 Å². The molecule has 5 heteroatoms. The summed E-state index contributed by atoms with van der Waals surface area (Å²) < 4.78 is 28.8. The topological polar surface area (TPSA) is 63.6 Å². The van der Waals surface area contributed by atoms with Crippen LogP contribution in [0.25, 0.3) is 0 Å². The number of methoxy groups -OCH3 is 1. The van der Waals surface area contributed by atoms with Gasteiger partial charge in [0.05, 0.1) is 24.2 Å². The molecule has 102 valence electrons. The lowest BCUT2D eigenvalue weighted by atomic mass is 10.2. The summed E-state index contributed by atoms with van der Waals surface area (Å²) in [5.74, 6) is 0.796. The highest BCUT2D eigenvalue weighted by molar-refractivity contribution is 7.92. The van der Waals surface area contributed by atoms with Crippen LogP contribution in [0.3, 0.4) is 0 Å². The average molecular weight is 272 g/mol. The van der Waals surface area contributed by atoms with Gasteiger partial charge in [-0.1, -0.05) is 12.1 Å². The van der Waals surface area contributed by atoms with Gasteiger partial charge in [-0.15, -0.1) is 0 Å². The van der Waals surface area contributed by atoms with Crippen LogP contribution in [0.5, 0.6) is 5.75 Å². The van der Waals surface area contributed by atoms with Crippen molar-refractivity contribution in [2.24, 2.45) is 0 Å².